The van der Waals surface area contributed by atoms with Crippen LogP contribution in [0.3, 0.4) is 0 Å². The molecule has 210 valence electrons. The van der Waals surface area contributed by atoms with Gasteiger partial charge in [-0.2, -0.15) is 0 Å². The van der Waals surface area contributed by atoms with Crippen LogP contribution in [0.5, 0.6) is 0 Å². The summed E-state index contributed by atoms with van der Waals surface area (Å²) in [6, 6.07) is 18.6. The van der Waals surface area contributed by atoms with Gasteiger partial charge in [0.15, 0.2) is 0 Å². The quantitative estimate of drug-likeness (QED) is 0.238. The molecule has 0 bridgehead atoms. The SMILES string of the molecule is CCCc1nc2cccc(NCc3ccc(C(=O)OC)cn3)c2c(=O)n1-c1ccccc1.Nc1ncnc(N)c1Cl. The fourth-order valence-corrected chi connectivity index (χ4v) is 4.11. The number of halogens is 1. The van der Waals surface area contributed by atoms with Crippen molar-refractivity contribution in [2.75, 3.05) is 23.9 Å². The molecule has 5 N–H and O–H groups in total. The van der Waals surface area contributed by atoms with E-state index in [1.807, 2.05) is 48.5 Å². The Labute approximate surface area is 241 Å². The largest absolute Gasteiger partial charge is 0.465 e. The van der Waals surface area contributed by atoms with Gasteiger partial charge < -0.3 is 21.5 Å². The number of pyridine rings is 1. The highest BCUT2D eigenvalue weighted by atomic mass is 35.5. The molecule has 0 unspecified atom stereocenters. The summed E-state index contributed by atoms with van der Waals surface area (Å²) in [4.78, 5) is 41.5. The molecule has 0 amide bonds. The first-order chi connectivity index (χ1) is 19.8. The number of hydrogen-bond donors (Lipinski definition) is 3. The van der Waals surface area contributed by atoms with Crippen molar-refractivity contribution >= 4 is 45.8 Å². The maximum atomic E-state index is 13.6. The van der Waals surface area contributed by atoms with Crippen molar-refractivity contribution in [2.24, 2.45) is 0 Å². The zero-order valence-corrected chi connectivity index (χ0v) is 23.3. The summed E-state index contributed by atoms with van der Waals surface area (Å²) in [6.07, 6.45) is 4.33. The highest BCUT2D eigenvalue weighted by molar-refractivity contribution is 6.34. The lowest BCUT2D eigenvalue weighted by Gasteiger charge is -2.15. The number of carbonyl (C=O) groups excluding carboxylic acids is 1. The van der Waals surface area contributed by atoms with E-state index in [2.05, 4.69) is 27.2 Å². The standard InChI is InChI=1S/C25H24N4O3.C4H5ClN4/c1-3-8-22-28-21-12-7-11-20(23(21)24(30)29(22)19-9-5-4-6-10-19)27-16-18-14-13-17(15-26-18)25(31)32-2;5-2-3(6)8-1-9-4(2)7/h4-7,9-15,27H,3,8,16H2,1-2H3;1H,(H4,6,7,8,9). The molecule has 0 saturated carbocycles. The number of para-hydroxylation sites is 1. The molecule has 0 radical (unpaired) electrons. The Morgan fingerprint density at radius 1 is 1.00 bits per heavy atom. The minimum Gasteiger partial charge on any atom is -0.465 e. The van der Waals surface area contributed by atoms with Crippen molar-refractivity contribution < 1.29 is 9.53 Å². The maximum Gasteiger partial charge on any atom is 0.339 e. The Morgan fingerprint density at radius 3 is 2.34 bits per heavy atom. The Kier molecular flexibility index (Phi) is 9.43. The van der Waals surface area contributed by atoms with Crippen molar-refractivity contribution in [1.82, 2.24) is 24.5 Å². The molecule has 0 spiro atoms. The van der Waals surface area contributed by atoms with E-state index >= 15 is 0 Å². The first kappa shape index (κ1) is 29.0. The maximum absolute atomic E-state index is 13.6. The van der Waals surface area contributed by atoms with E-state index in [-0.39, 0.29) is 22.2 Å². The number of aromatic nitrogens is 5. The van der Waals surface area contributed by atoms with Crippen LogP contribution in [0.25, 0.3) is 16.6 Å². The third-order valence-corrected chi connectivity index (χ3v) is 6.39. The molecule has 0 atom stereocenters. The van der Waals surface area contributed by atoms with Crippen LogP contribution in [0.15, 0.2) is 78.0 Å². The number of nitrogens with zero attached hydrogens (tertiary/aromatic N) is 5. The number of esters is 1. The van der Waals surface area contributed by atoms with E-state index in [4.69, 9.17) is 32.8 Å². The Bertz CT molecular complexity index is 1690. The van der Waals surface area contributed by atoms with E-state index in [1.165, 1.54) is 19.6 Å². The number of aryl methyl sites for hydroxylation is 1. The first-order valence-electron chi connectivity index (χ1n) is 12.7. The summed E-state index contributed by atoms with van der Waals surface area (Å²) < 4.78 is 6.40. The van der Waals surface area contributed by atoms with Crippen LogP contribution in [0, 0.1) is 0 Å². The number of carbonyl (C=O) groups is 1. The minimum absolute atomic E-state index is 0.109. The van der Waals surface area contributed by atoms with Gasteiger partial charge in [0.05, 0.1) is 41.5 Å². The number of hydrogen-bond acceptors (Lipinski definition) is 10. The van der Waals surface area contributed by atoms with Gasteiger partial charge in [-0.3, -0.25) is 14.3 Å². The molecular weight excluding hydrogens is 544 g/mol. The average Bonchev–Trinajstić information content (AvgIpc) is 2.99. The summed E-state index contributed by atoms with van der Waals surface area (Å²) in [5.41, 5.74) is 13.7. The van der Waals surface area contributed by atoms with Gasteiger partial charge in [-0.15, -0.1) is 0 Å². The molecule has 0 aliphatic rings. The number of methoxy groups -OCH3 is 1. The third kappa shape index (κ3) is 6.76. The molecule has 2 aromatic carbocycles. The van der Waals surface area contributed by atoms with Crippen LogP contribution in [-0.4, -0.2) is 37.6 Å². The lowest BCUT2D eigenvalue weighted by molar-refractivity contribution is 0.0600. The number of benzene rings is 2. The fraction of sp³-hybridized carbons (Fsp3) is 0.172. The second-order valence-electron chi connectivity index (χ2n) is 8.80. The van der Waals surface area contributed by atoms with Gasteiger partial charge >= 0.3 is 5.97 Å². The average molecular weight is 573 g/mol. The van der Waals surface area contributed by atoms with Crippen molar-refractivity contribution in [3.05, 3.63) is 106 Å². The monoisotopic (exact) mass is 572 g/mol. The van der Waals surface area contributed by atoms with Crippen molar-refractivity contribution in [3.8, 4) is 5.69 Å². The lowest BCUT2D eigenvalue weighted by Crippen LogP contribution is -2.24. The third-order valence-electron chi connectivity index (χ3n) is 6.00. The second-order valence-corrected chi connectivity index (χ2v) is 9.17. The molecule has 12 heteroatoms. The molecule has 11 nitrogen and oxygen atoms in total. The van der Waals surface area contributed by atoms with Crippen molar-refractivity contribution in [2.45, 2.75) is 26.3 Å². The molecular formula is C29H29ClN8O3. The van der Waals surface area contributed by atoms with Crippen LogP contribution >= 0.6 is 11.6 Å². The zero-order chi connectivity index (χ0) is 29.4. The minimum atomic E-state index is -0.429. The van der Waals surface area contributed by atoms with Crippen LogP contribution in [0.4, 0.5) is 17.3 Å². The van der Waals surface area contributed by atoms with Crippen LogP contribution in [-0.2, 0) is 17.7 Å². The first-order valence-corrected chi connectivity index (χ1v) is 13.1. The molecule has 0 aliphatic heterocycles. The van der Waals surface area contributed by atoms with E-state index < -0.39 is 5.97 Å². The molecule has 0 saturated heterocycles. The number of anilines is 3. The number of fused-ring (bicyclic) bond motifs is 1. The van der Waals surface area contributed by atoms with Crippen molar-refractivity contribution in [3.63, 3.8) is 0 Å². The van der Waals surface area contributed by atoms with E-state index in [9.17, 15) is 9.59 Å². The smallest absolute Gasteiger partial charge is 0.339 e. The Morgan fingerprint density at radius 2 is 1.73 bits per heavy atom. The van der Waals surface area contributed by atoms with Gasteiger partial charge in [0, 0.05) is 18.3 Å². The molecule has 0 fully saturated rings. The van der Waals surface area contributed by atoms with Gasteiger partial charge in [0.25, 0.3) is 5.56 Å². The predicted molar refractivity (Wildman–Crippen MR) is 160 cm³/mol. The van der Waals surface area contributed by atoms with Gasteiger partial charge in [-0.1, -0.05) is 42.8 Å². The lowest BCUT2D eigenvalue weighted by atomic mass is 10.1. The van der Waals surface area contributed by atoms with Gasteiger partial charge in [-0.25, -0.2) is 19.7 Å². The van der Waals surface area contributed by atoms with Gasteiger partial charge in [-0.05, 0) is 42.8 Å². The normalized spacial score (nSPS) is 10.5. The summed E-state index contributed by atoms with van der Waals surface area (Å²) in [5, 5.41) is 4.06. The predicted octanol–water partition coefficient (Wildman–Crippen LogP) is 4.43. The Hall–Kier alpha value is -5.03. The number of nitrogens with two attached hydrogens (primary N) is 2. The van der Waals surface area contributed by atoms with Crippen LogP contribution in [0.1, 0.15) is 35.2 Å². The highest BCUT2D eigenvalue weighted by Crippen LogP contribution is 2.22. The number of rotatable bonds is 7. The summed E-state index contributed by atoms with van der Waals surface area (Å²) in [5.74, 6) is 0.739. The molecule has 41 heavy (non-hydrogen) atoms. The Balaban J connectivity index is 0.000000367. The zero-order valence-electron chi connectivity index (χ0n) is 22.5. The summed E-state index contributed by atoms with van der Waals surface area (Å²) in [7, 11) is 1.33. The molecule has 5 rings (SSSR count). The van der Waals surface area contributed by atoms with Crippen LogP contribution < -0.4 is 22.3 Å². The van der Waals surface area contributed by atoms with Crippen LogP contribution in [0.2, 0.25) is 5.02 Å². The second kappa shape index (κ2) is 13.4. The van der Waals surface area contributed by atoms with E-state index in [1.54, 1.807) is 16.7 Å². The number of nitrogens with one attached hydrogen (secondary N) is 1. The van der Waals surface area contributed by atoms with Crippen molar-refractivity contribution in [1.29, 1.82) is 0 Å². The fourth-order valence-electron chi connectivity index (χ4n) is 4.01. The molecule has 3 heterocycles. The molecule has 3 aromatic heterocycles. The van der Waals surface area contributed by atoms with Gasteiger partial charge in [0.1, 0.15) is 28.8 Å². The number of nitrogen functional groups attached to an aromatic ring is 2. The summed E-state index contributed by atoms with van der Waals surface area (Å²) in [6.45, 7) is 2.46. The summed E-state index contributed by atoms with van der Waals surface area (Å²) >= 11 is 5.50. The van der Waals surface area contributed by atoms with Gasteiger partial charge in [0.2, 0.25) is 0 Å². The number of ether oxygens (including phenoxy) is 1. The van der Waals surface area contributed by atoms with E-state index in [0.717, 1.165) is 23.6 Å². The highest BCUT2D eigenvalue weighted by Gasteiger charge is 2.15. The topological polar surface area (TPSA) is 164 Å². The molecule has 5 aromatic rings. The molecule has 0 aliphatic carbocycles. The van der Waals surface area contributed by atoms with E-state index in [0.29, 0.717) is 35.1 Å².